The average molecular weight is 314 g/mol. The minimum absolute atomic E-state index is 0.0214. The van der Waals surface area contributed by atoms with Crippen LogP contribution in [0, 0.1) is 24.0 Å². The Balaban J connectivity index is 2.53. The van der Waals surface area contributed by atoms with E-state index in [9.17, 15) is 23.6 Å². The standard InChI is InChI=1S/C13H18N2O5S/c1-9-6-12(15(17)18)13(7-10(9)2)21(19,20)14-5-3-4-11(16)8-14/h6-7,11,16H,3-5,8H2,1-2H3/t11-/m0/s1. The van der Waals surface area contributed by atoms with Crippen LogP contribution in [0.1, 0.15) is 24.0 Å². The lowest BCUT2D eigenvalue weighted by atomic mass is 10.1. The van der Waals surface area contributed by atoms with Gasteiger partial charge in [-0.05, 0) is 43.9 Å². The van der Waals surface area contributed by atoms with Crippen LogP contribution in [-0.2, 0) is 10.0 Å². The molecule has 0 amide bonds. The third-order valence-electron chi connectivity index (χ3n) is 3.75. The number of piperidine rings is 1. The van der Waals surface area contributed by atoms with Crippen LogP contribution >= 0.6 is 0 Å². The summed E-state index contributed by atoms with van der Waals surface area (Å²) in [5.41, 5.74) is 0.925. The van der Waals surface area contributed by atoms with Crippen molar-refractivity contribution in [3.63, 3.8) is 0 Å². The number of sulfonamides is 1. The second-order valence-corrected chi connectivity index (χ2v) is 7.23. The van der Waals surface area contributed by atoms with Crippen LogP contribution in [0.25, 0.3) is 0 Å². The highest BCUT2D eigenvalue weighted by Crippen LogP contribution is 2.31. The van der Waals surface area contributed by atoms with Crippen molar-refractivity contribution in [3.05, 3.63) is 33.4 Å². The highest BCUT2D eigenvalue weighted by Gasteiger charge is 2.34. The fourth-order valence-electron chi connectivity index (χ4n) is 2.40. The summed E-state index contributed by atoms with van der Waals surface area (Å²) in [7, 11) is -3.98. The fourth-order valence-corrected chi connectivity index (χ4v) is 4.14. The molecule has 1 heterocycles. The van der Waals surface area contributed by atoms with Gasteiger partial charge in [0.15, 0.2) is 4.90 Å². The maximum atomic E-state index is 12.6. The third kappa shape index (κ3) is 3.07. The van der Waals surface area contributed by atoms with Crippen LogP contribution < -0.4 is 0 Å². The number of benzene rings is 1. The van der Waals surface area contributed by atoms with E-state index in [4.69, 9.17) is 0 Å². The molecular formula is C13H18N2O5S. The van der Waals surface area contributed by atoms with Crippen LogP contribution in [-0.4, -0.2) is 41.9 Å². The van der Waals surface area contributed by atoms with Crippen molar-refractivity contribution in [2.45, 2.75) is 37.7 Å². The summed E-state index contributed by atoms with van der Waals surface area (Å²) in [6.07, 6.45) is 0.360. The number of nitro groups is 1. The van der Waals surface area contributed by atoms with Gasteiger partial charge in [-0.25, -0.2) is 8.42 Å². The average Bonchev–Trinajstić information content (AvgIpc) is 2.41. The molecule has 116 valence electrons. The summed E-state index contributed by atoms with van der Waals surface area (Å²) in [6, 6.07) is 2.62. The number of rotatable bonds is 3. The summed E-state index contributed by atoms with van der Waals surface area (Å²) in [4.78, 5) is 10.2. The SMILES string of the molecule is Cc1cc([N+](=O)[O-])c(S(=O)(=O)N2CCC[C@H](O)C2)cc1C. The Morgan fingerprint density at radius 2 is 1.95 bits per heavy atom. The normalized spacial score (nSPS) is 20.4. The van der Waals surface area contributed by atoms with Gasteiger partial charge < -0.3 is 5.11 Å². The molecule has 1 fully saturated rings. The van der Waals surface area contributed by atoms with E-state index in [2.05, 4.69) is 0 Å². The van der Waals surface area contributed by atoms with Crippen LogP contribution in [0.4, 0.5) is 5.69 Å². The molecule has 0 bridgehead atoms. The Bertz CT molecular complexity index is 671. The molecule has 0 saturated carbocycles. The first kappa shape index (κ1) is 15.9. The largest absolute Gasteiger partial charge is 0.392 e. The first-order valence-corrected chi connectivity index (χ1v) is 8.11. The van der Waals surface area contributed by atoms with Gasteiger partial charge in [-0.2, -0.15) is 4.31 Å². The van der Waals surface area contributed by atoms with Crippen LogP contribution in [0.15, 0.2) is 17.0 Å². The Hall–Kier alpha value is -1.51. The van der Waals surface area contributed by atoms with E-state index in [1.165, 1.54) is 12.1 Å². The number of β-amino-alcohol motifs (C(OH)–C–C–N with tert-alkyl or cyclic N) is 1. The summed E-state index contributed by atoms with van der Waals surface area (Å²) in [5.74, 6) is 0. The van der Waals surface area contributed by atoms with Crippen molar-refractivity contribution in [1.29, 1.82) is 0 Å². The van der Waals surface area contributed by atoms with E-state index in [0.29, 0.717) is 24.0 Å². The summed E-state index contributed by atoms with van der Waals surface area (Å²) >= 11 is 0. The third-order valence-corrected chi connectivity index (χ3v) is 5.64. The highest BCUT2D eigenvalue weighted by atomic mass is 32.2. The van der Waals surface area contributed by atoms with Gasteiger partial charge in [-0.15, -0.1) is 0 Å². The Morgan fingerprint density at radius 1 is 1.33 bits per heavy atom. The van der Waals surface area contributed by atoms with Crippen molar-refractivity contribution in [2.24, 2.45) is 0 Å². The van der Waals surface area contributed by atoms with Gasteiger partial charge in [-0.3, -0.25) is 10.1 Å². The van der Waals surface area contributed by atoms with E-state index in [1.54, 1.807) is 13.8 Å². The molecule has 0 spiro atoms. The maximum absolute atomic E-state index is 12.6. The topological polar surface area (TPSA) is 101 Å². The minimum atomic E-state index is -3.98. The monoisotopic (exact) mass is 314 g/mol. The molecule has 1 atom stereocenters. The number of hydrogen-bond acceptors (Lipinski definition) is 5. The first-order chi connectivity index (χ1) is 9.73. The number of hydrogen-bond donors (Lipinski definition) is 1. The quantitative estimate of drug-likeness (QED) is 0.670. The molecule has 0 unspecified atom stereocenters. The number of nitro benzene ring substituents is 1. The molecule has 1 aliphatic heterocycles. The number of aliphatic hydroxyl groups is 1. The molecule has 1 saturated heterocycles. The minimum Gasteiger partial charge on any atom is -0.392 e. The van der Waals surface area contributed by atoms with Crippen LogP contribution in [0.2, 0.25) is 0 Å². The van der Waals surface area contributed by atoms with E-state index in [0.717, 1.165) is 4.31 Å². The van der Waals surface area contributed by atoms with Crippen LogP contribution in [0.5, 0.6) is 0 Å². The molecule has 1 aromatic rings. The predicted octanol–water partition coefficient (Wildman–Crippen LogP) is 1.36. The fraction of sp³-hybridized carbons (Fsp3) is 0.538. The zero-order valence-corrected chi connectivity index (χ0v) is 12.8. The maximum Gasteiger partial charge on any atom is 0.289 e. The number of aryl methyl sites for hydroxylation is 2. The van der Waals surface area contributed by atoms with E-state index < -0.39 is 26.7 Å². The van der Waals surface area contributed by atoms with Gasteiger partial charge in [0.2, 0.25) is 10.0 Å². The van der Waals surface area contributed by atoms with E-state index in [1.807, 2.05) is 0 Å². The van der Waals surface area contributed by atoms with Gasteiger partial charge in [0.25, 0.3) is 5.69 Å². The van der Waals surface area contributed by atoms with Crippen LogP contribution in [0.3, 0.4) is 0 Å². The molecule has 1 N–H and O–H groups in total. The predicted molar refractivity (Wildman–Crippen MR) is 76.6 cm³/mol. The lowest BCUT2D eigenvalue weighted by molar-refractivity contribution is -0.387. The summed E-state index contributed by atoms with van der Waals surface area (Å²) in [5, 5.41) is 20.8. The molecular weight excluding hydrogens is 296 g/mol. The van der Waals surface area contributed by atoms with E-state index in [-0.39, 0.29) is 18.0 Å². The van der Waals surface area contributed by atoms with Crippen molar-refractivity contribution < 1.29 is 18.4 Å². The Morgan fingerprint density at radius 3 is 2.52 bits per heavy atom. The van der Waals surface area contributed by atoms with Gasteiger partial charge in [0.1, 0.15) is 0 Å². The lowest BCUT2D eigenvalue weighted by Gasteiger charge is -2.29. The molecule has 1 aromatic carbocycles. The lowest BCUT2D eigenvalue weighted by Crippen LogP contribution is -2.42. The highest BCUT2D eigenvalue weighted by molar-refractivity contribution is 7.89. The van der Waals surface area contributed by atoms with Gasteiger partial charge >= 0.3 is 0 Å². The first-order valence-electron chi connectivity index (χ1n) is 6.67. The van der Waals surface area contributed by atoms with Gasteiger partial charge in [0, 0.05) is 19.2 Å². The van der Waals surface area contributed by atoms with Crippen molar-refractivity contribution >= 4 is 15.7 Å². The number of aliphatic hydroxyl groups excluding tert-OH is 1. The molecule has 7 nitrogen and oxygen atoms in total. The second kappa shape index (κ2) is 5.70. The van der Waals surface area contributed by atoms with Gasteiger partial charge in [0.05, 0.1) is 11.0 Å². The molecule has 2 rings (SSSR count). The van der Waals surface area contributed by atoms with Gasteiger partial charge in [-0.1, -0.05) is 0 Å². The van der Waals surface area contributed by atoms with Crippen molar-refractivity contribution in [2.75, 3.05) is 13.1 Å². The summed E-state index contributed by atoms with van der Waals surface area (Å²) in [6.45, 7) is 3.66. The zero-order valence-electron chi connectivity index (χ0n) is 11.9. The van der Waals surface area contributed by atoms with Crippen molar-refractivity contribution in [3.8, 4) is 0 Å². The van der Waals surface area contributed by atoms with E-state index >= 15 is 0 Å². The molecule has 21 heavy (non-hydrogen) atoms. The smallest absolute Gasteiger partial charge is 0.289 e. The molecule has 1 aliphatic rings. The molecule has 0 radical (unpaired) electrons. The molecule has 0 aliphatic carbocycles. The molecule has 8 heteroatoms. The zero-order chi connectivity index (χ0) is 15.8. The van der Waals surface area contributed by atoms with Crippen molar-refractivity contribution in [1.82, 2.24) is 4.31 Å². The number of nitrogens with zero attached hydrogens (tertiary/aromatic N) is 2. The second-order valence-electron chi connectivity index (χ2n) is 5.32. The molecule has 0 aromatic heterocycles. The Kier molecular flexibility index (Phi) is 4.31. The summed E-state index contributed by atoms with van der Waals surface area (Å²) < 4.78 is 26.4. The Labute approximate surface area is 123 Å².